The summed E-state index contributed by atoms with van der Waals surface area (Å²) in [5, 5.41) is 0. The first-order valence-electron chi connectivity index (χ1n) is 6.98. The molecule has 3 rings (SSSR count). The Labute approximate surface area is 122 Å². The van der Waals surface area contributed by atoms with E-state index in [0.717, 1.165) is 23.0 Å². The van der Waals surface area contributed by atoms with E-state index in [9.17, 15) is 4.79 Å². The molecule has 2 bridgehead atoms. The van der Waals surface area contributed by atoms with Crippen LogP contribution in [0.2, 0.25) is 0 Å². The Bertz CT molecular complexity index is 460. The summed E-state index contributed by atoms with van der Waals surface area (Å²) in [6, 6.07) is 5.15. The second kappa shape index (κ2) is 5.33. The maximum Gasteiger partial charge on any atom is 0.142 e. The molecule has 2 fully saturated rings. The van der Waals surface area contributed by atoms with E-state index in [0.29, 0.717) is 24.3 Å². The Kier molecular flexibility index (Phi) is 3.72. The molecule has 0 N–H and O–H groups in total. The molecule has 1 aromatic rings. The fourth-order valence-electron chi connectivity index (χ4n) is 3.51. The van der Waals surface area contributed by atoms with E-state index in [-0.39, 0.29) is 5.92 Å². The van der Waals surface area contributed by atoms with Gasteiger partial charge in [-0.05, 0) is 60.8 Å². The average molecular weight is 323 g/mol. The molecule has 2 saturated heterocycles. The number of Topliss-reactive ketones (excluding diaryl/α,β-unsaturated/α-hetero) is 1. The number of piperidine rings is 1. The van der Waals surface area contributed by atoms with Crippen LogP contribution in [-0.4, -0.2) is 34.8 Å². The van der Waals surface area contributed by atoms with Crippen LogP contribution in [0, 0.1) is 5.92 Å². The van der Waals surface area contributed by atoms with Gasteiger partial charge in [-0.2, -0.15) is 0 Å². The fraction of sp³-hybridized carbons (Fsp3) is 0.600. The molecule has 2 unspecified atom stereocenters. The van der Waals surface area contributed by atoms with Gasteiger partial charge >= 0.3 is 0 Å². The van der Waals surface area contributed by atoms with E-state index >= 15 is 0 Å². The lowest BCUT2D eigenvalue weighted by Crippen LogP contribution is -2.42. The van der Waals surface area contributed by atoms with Crippen molar-refractivity contribution in [3.8, 4) is 0 Å². The summed E-state index contributed by atoms with van der Waals surface area (Å²) >= 11 is 3.37. The highest BCUT2D eigenvalue weighted by Gasteiger charge is 2.40. The number of nitrogens with zero attached hydrogens (tertiary/aromatic N) is 2. The lowest BCUT2D eigenvalue weighted by molar-refractivity contribution is -0.124. The Hall–Kier alpha value is -0.740. The van der Waals surface area contributed by atoms with E-state index in [1.165, 1.54) is 12.8 Å². The summed E-state index contributed by atoms with van der Waals surface area (Å²) in [5.74, 6) is 0.624. The van der Waals surface area contributed by atoms with Crippen LogP contribution in [0.5, 0.6) is 0 Å². The molecule has 2 atom stereocenters. The fourth-order valence-corrected chi connectivity index (χ4v) is 3.74. The number of fused-ring (bicyclic) bond motifs is 2. The SMILES string of the molecule is CN1C2CCC1CC(C(=O)Cc1ccc(Br)cn1)C2. The largest absolute Gasteiger partial charge is 0.300 e. The van der Waals surface area contributed by atoms with Gasteiger partial charge in [0.15, 0.2) is 0 Å². The van der Waals surface area contributed by atoms with Crippen LogP contribution in [0.15, 0.2) is 22.8 Å². The highest BCUT2D eigenvalue weighted by Crippen LogP contribution is 2.38. The molecule has 0 amide bonds. The van der Waals surface area contributed by atoms with Gasteiger partial charge in [0, 0.05) is 40.8 Å². The lowest BCUT2D eigenvalue weighted by atomic mass is 9.86. The molecule has 19 heavy (non-hydrogen) atoms. The smallest absolute Gasteiger partial charge is 0.142 e. The zero-order valence-corrected chi connectivity index (χ0v) is 12.8. The monoisotopic (exact) mass is 322 g/mol. The van der Waals surface area contributed by atoms with Gasteiger partial charge in [-0.3, -0.25) is 9.78 Å². The highest BCUT2D eigenvalue weighted by atomic mass is 79.9. The standard InChI is InChI=1S/C15H19BrN2O/c1-18-13-4-5-14(18)7-10(6-13)15(19)8-12-3-2-11(16)9-17-12/h2-3,9-10,13-14H,4-8H2,1H3. The van der Waals surface area contributed by atoms with Crippen LogP contribution < -0.4 is 0 Å². The maximum absolute atomic E-state index is 12.4. The van der Waals surface area contributed by atoms with Crippen molar-refractivity contribution >= 4 is 21.7 Å². The van der Waals surface area contributed by atoms with E-state index in [1.807, 2.05) is 12.1 Å². The molecule has 0 aromatic carbocycles. The molecule has 0 radical (unpaired) electrons. The van der Waals surface area contributed by atoms with Crippen molar-refractivity contribution < 1.29 is 4.79 Å². The van der Waals surface area contributed by atoms with Crippen LogP contribution in [0.3, 0.4) is 0 Å². The highest BCUT2D eigenvalue weighted by molar-refractivity contribution is 9.10. The molecular weight excluding hydrogens is 304 g/mol. The quantitative estimate of drug-likeness (QED) is 0.858. The summed E-state index contributed by atoms with van der Waals surface area (Å²) in [4.78, 5) is 19.2. The van der Waals surface area contributed by atoms with Crippen molar-refractivity contribution in [1.29, 1.82) is 0 Å². The zero-order chi connectivity index (χ0) is 13.4. The van der Waals surface area contributed by atoms with E-state index in [4.69, 9.17) is 0 Å². The van der Waals surface area contributed by atoms with E-state index < -0.39 is 0 Å². The molecule has 4 heteroatoms. The van der Waals surface area contributed by atoms with Gasteiger partial charge in [-0.1, -0.05) is 0 Å². The number of pyridine rings is 1. The molecule has 0 saturated carbocycles. The first kappa shape index (κ1) is 13.3. The molecule has 0 spiro atoms. The van der Waals surface area contributed by atoms with Gasteiger partial charge in [-0.15, -0.1) is 0 Å². The number of hydrogen-bond acceptors (Lipinski definition) is 3. The molecule has 2 aliphatic heterocycles. The third-order valence-corrected chi connectivity index (χ3v) is 5.17. The van der Waals surface area contributed by atoms with Crippen molar-refractivity contribution in [3.63, 3.8) is 0 Å². The Morgan fingerprint density at radius 3 is 2.63 bits per heavy atom. The minimum Gasteiger partial charge on any atom is -0.300 e. The third kappa shape index (κ3) is 2.75. The zero-order valence-electron chi connectivity index (χ0n) is 11.2. The van der Waals surface area contributed by atoms with Gasteiger partial charge in [0.25, 0.3) is 0 Å². The first-order valence-corrected chi connectivity index (χ1v) is 7.78. The summed E-state index contributed by atoms with van der Waals surface area (Å²) in [6.45, 7) is 0. The van der Waals surface area contributed by atoms with Crippen LogP contribution in [0.25, 0.3) is 0 Å². The van der Waals surface area contributed by atoms with Gasteiger partial charge in [0.1, 0.15) is 5.78 Å². The third-order valence-electron chi connectivity index (χ3n) is 4.70. The van der Waals surface area contributed by atoms with E-state index in [1.54, 1.807) is 6.20 Å². The van der Waals surface area contributed by atoms with Gasteiger partial charge in [0.2, 0.25) is 0 Å². The Morgan fingerprint density at radius 2 is 2.05 bits per heavy atom. The van der Waals surface area contributed by atoms with Crippen molar-refractivity contribution in [2.75, 3.05) is 7.05 Å². The Morgan fingerprint density at radius 1 is 1.37 bits per heavy atom. The molecular formula is C15H19BrN2O. The van der Waals surface area contributed by atoms with E-state index in [2.05, 4.69) is 32.9 Å². The van der Waals surface area contributed by atoms with Crippen molar-refractivity contribution in [3.05, 3.63) is 28.5 Å². The van der Waals surface area contributed by atoms with Gasteiger partial charge in [-0.25, -0.2) is 0 Å². The summed E-state index contributed by atoms with van der Waals surface area (Å²) in [7, 11) is 2.21. The second-order valence-corrected chi connectivity index (χ2v) is 6.75. The maximum atomic E-state index is 12.4. The predicted octanol–water partition coefficient (Wildman–Crippen LogP) is 2.83. The van der Waals surface area contributed by atoms with Gasteiger partial charge < -0.3 is 4.90 Å². The van der Waals surface area contributed by atoms with Crippen LogP contribution in [0.1, 0.15) is 31.4 Å². The molecule has 1 aromatic heterocycles. The van der Waals surface area contributed by atoms with Crippen LogP contribution in [-0.2, 0) is 11.2 Å². The molecule has 102 valence electrons. The molecule has 3 heterocycles. The summed E-state index contributed by atoms with van der Waals surface area (Å²) < 4.78 is 0.959. The van der Waals surface area contributed by atoms with Crippen molar-refractivity contribution in [1.82, 2.24) is 9.88 Å². The van der Waals surface area contributed by atoms with Crippen molar-refractivity contribution in [2.45, 2.75) is 44.2 Å². The predicted molar refractivity (Wildman–Crippen MR) is 77.9 cm³/mol. The Balaban J connectivity index is 1.64. The normalized spacial score (nSPS) is 30.5. The number of halogens is 1. The van der Waals surface area contributed by atoms with Crippen LogP contribution >= 0.6 is 15.9 Å². The minimum atomic E-state index is 0.249. The second-order valence-electron chi connectivity index (χ2n) is 5.83. The lowest BCUT2D eigenvalue weighted by Gasteiger charge is -2.35. The molecule has 3 nitrogen and oxygen atoms in total. The number of carbonyl (C=O) groups excluding carboxylic acids is 1. The number of ketones is 1. The number of carbonyl (C=O) groups is 1. The minimum absolute atomic E-state index is 0.249. The first-order chi connectivity index (χ1) is 9.13. The summed E-state index contributed by atoms with van der Waals surface area (Å²) in [5.41, 5.74) is 0.888. The molecule has 2 aliphatic rings. The molecule has 0 aliphatic carbocycles. The topological polar surface area (TPSA) is 33.2 Å². The summed E-state index contributed by atoms with van der Waals surface area (Å²) in [6.07, 6.45) is 6.87. The van der Waals surface area contributed by atoms with Crippen molar-refractivity contribution in [2.24, 2.45) is 5.92 Å². The van der Waals surface area contributed by atoms with Gasteiger partial charge in [0.05, 0.1) is 0 Å². The number of rotatable bonds is 3. The number of aromatic nitrogens is 1. The number of hydrogen-bond donors (Lipinski definition) is 0. The van der Waals surface area contributed by atoms with Crippen LogP contribution in [0.4, 0.5) is 0 Å². The average Bonchev–Trinajstić information content (AvgIpc) is 2.64.